The Hall–Kier alpha value is -1.31. The molecule has 0 amide bonds. The Kier molecular flexibility index (Phi) is 3.24. The minimum absolute atomic E-state index is 0.167. The summed E-state index contributed by atoms with van der Waals surface area (Å²) in [5.74, 6) is 0.323. The van der Waals surface area contributed by atoms with E-state index in [4.69, 9.17) is 4.99 Å². The molecule has 1 aliphatic carbocycles. The van der Waals surface area contributed by atoms with E-state index in [1.54, 1.807) is 12.1 Å². The van der Waals surface area contributed by atoms with Crippen molar-refractivity contribution in [3.63, 3.8) is 0 Å². The molecule has 0 unspecified atom stereocenters. The molecule has 1 aromatic rings. The molecular weight excluding hydrogens is 234 g/mol. The van der Waals surface area contributed by atoms with E-state index in [9.17, 15) is 5.11 Å². The van der Waals surface area contributed by atoms with Crippen LogP contribution in [0.4, 0.5) is 5.69 Å². The van der Waals surface area contributed by atoms with Gasteiger partial charge in [-0.15, -0.1) is 0 Å². The molecule has 2 rings (SSSR count). The molecule has 104 valence electrons. The van der Waals surface area contributed by atoms with Crippen molar-refractivity contribution >= 4 is 11.4 Å². The second-order valence-electron chi connectivity index (χ2n) is 7.16. The van der Waals surface area contributed by atoms with Gasteiger partial charge in [0.05, 0.1) is 5.69 Å². The van der Waals surface area contributed by atoms with E-state index in [2.05, 4.69) is 27.7 Å². The summed E-state index contributed by atoms with van der Waals surface area (Å²) in [6.07, 6.45) is 2.38. The minimum Gasteiger partial charge on any atom is -0.508 e. The molecule has 0 aliphatic heterocycles. The van der Waals surface area contributed by atoms with Crippen LogP contribution < -0.4 is 0 Å². The van der Waals surface area contributed by atoms with Crippen molar-refractivity contribution in [3.8, 4) is 5.75 Å². The largest absolute Gasteiger partial charge is 0.508 e. The van der Waals surface area contributed by atoms with Crippen LogP contribution in [0.25, 0.3) is 0 Å². The third kappa shape index (κ3) is 2.54. The van der Waals surface area contributed by atoms with Crippen LogP contribution in [0, 0.1) is 24.7 Å². The highest BCUT2D eigenvalue weighted by atomic mass is 16.3. The number of benzene rings is 1. The van der Waals surface area contributed by atoms with Gasteiger partial charge in [0.25, 0.3) is 0 Å². The number of aromatic hydroxyl groups is 1. The zero-order valence-electron chi connectivity index (χ0n) is 13.0. The van der Waals surface area contributed by atoms with E-state index >= 15 is 0 Å². The molecule has 1 N–H and O–H groups in total. The third-order valence-corrected chi connectivity index (χ3v) is 4.36. The van der Waals surface area contributed by atoms with E-state index in [0.29, 0.717) is 5.75 Å². The lowest BCUT2D eigenvalue weighted by Crippen LogP contribution is -2.27. The van der Waals surface area contributed by atoms with Crippen LogP contribution in [0.3, 0.4) is 0 Å². The van der Waals surface area contributed by atoms with Gasteiger partial charge in [0, 0.05) is 16.5 Å². The standard InChI is InChI=1S/C17H25NO/c1-11-9-13(19)10-12(2)14(11)18-15-16(3,4)7-8-17(15,5)6/h9-10,19H,7-8H2,1-6H3. The summed E-state index contributed by atoms with van der Waals surface area (Å²) in [4.78, 5) is 5.01. The molecule has 0 aromatic heterocycles. The molecular formula is C17H25NO. The number of phenolic OH excluding ortho intramolecular Hbond substituents is 1. The molecule has 0 atom stereocenters. The van der Waals surface area contributed by atoms with Crippen LogP contribution in [0.1, 0.15) is 51.7 Å². The molecule has 1 saturated carbocycles. The number of phenols is 1. The summed E-state index contributed by atoms with van der Waals surface area (Å²) in [5.41, 5.74) is 4.74. The fraction of sp³-hybridized carbons (Fsp3) is 0.588. The number of hydrogen-bond acceptors (Lipinski definition) is 2. The summed E-state index contributed by atoms with van der Waals surface area (Å²) in [6, 6.07) is 3.59. The van der Waals surface area contributed by atoms with Crippen LogP contribution in [-0.4, -0.2) is 10.8 Å². The molecule has 2 nitrogen and oxygen atoms in total. The lowest BCUT2D eigenvalue weighted by molar-refractivity contribution is 0.474. The highest BCUT2D eigenvalue weighted by Gasteiger charge is 2.43. The van der Waals surface area contributed by atoms with Crippen molar-refractivity contribution < 1.29 is 5.11 Å². The predicted octanol–water partition coefficient (Wildman–Crippen LogP) is 4.93. The predicted molar refractivity (Wildman–Crippen MR) is 81.5 cm³/mol. The van der Waals surface area contributed by atoms with Crippen molar-refractivity contribution in [2.45, 2.75) is 54.4 Å². The molecule has 1 aliphatic rings. The number of hydrogen-bond donors (Lipinski definition) is 1. The van der Waals surface area contributed by atoms with Crippen LogP contribution in [0.5, 0.6) is 5.75 Å². The van der Waals surface area contributed by atoms with Gasteiger partial charge in [-0.2, -0.15) is 0 Å². The Labute approximate surface area is 116 Å². The summed E-state index contributed by atoms with van der Waals surface area (Å²) < 4.78 is 0. The van der Waals surface area contributed by atoms with Gasteiger partial charge in [-0.05, 0) is 49.9 Å². The third-order valence-electron chi connectivity index (χ3n) is 4.36. The van der Waals surface area contributed by atoms with Gasteiger partial charge in [-0.3, -0.25) is 4.99 Å². The number of rotatable bonds is 1. The monoisotopic (exact) mass is 259 g/mol. The maximum absolute atomic E-state index is 9.64. The SMILES string of the molecule is Cc1cc(O)cc(C)c1N=C1C(C)(C)CCC1(C)C. The van der Waals surface area contributed by atoms with Crippen LogP contribution in [0.15, 0.2) is 17.1 Å². The Morgan fingerprint density at radius 2 is 1.37 bits per heavy atom. The van der Waals surface area contributed by atoms with Crippen molar-refractivity contribution in [2.75, 3.05) is 0 Å². The van der Waals surface area contributed by atoms with E-state index in [1.165, 1.54) is 18.6 Å². The Morgan fingerprint density at radius 3 is 1.79 bits per heavy atom. The summed E-state index contributed by atoms with van der Waals surface area (Å²) in [6.45, 7) is 13.2. The molecule has 0 saturated heterocycles. The summed E-state index contributed by atoms with van der Waals surface area (Å²) >= 11 is 0. The molecule has 1 fully saturated rings. The van der Waals surface area contributed by atoms with Gasteiger partial charge in [-0.1, -0.05) is 27.7 Å². The number of aliphatic imine (C=N–C) groups is 1. The smallest absolute Gasteiger partial charge is 0.116 e. The fourth-order valence-corrected chi connectivity index (χ4v) is 3.30. The first kappa shape index (κ1) is 14.1. The van der Waals surface area contributed by atoms with E-state index in [0.717, 1.165) is 16.8 Å². The van der Waals surface area contributed by atoms with Crippen LogP contribution in [-0.2, 0) is 0 Å². The maximum Gasteiger partial charge on any atom is 0.116 e. The Morgan fingerprint density at radius 1 is 0.947 bits per heavy atom. The lowest BCUT2D eigenvalue weighted by atomic mass is 9.81. The molecule has 0 spiro atoms. The molecule has 0 radical (unpaired) electrons. The van der Waals surface area contributed by atoms with E-state index in [1.807, 2.05) is 13.8 Å². The first-order valence-electron chi connectivity index (χ1n) is 7.03. The average molecular weight is 259 g/mol. The zero-order valence-corrected chi connectivity index (χ0v) is 13.0. The van der Waals surface area contributed by atoms with Crippen molar-refractivity contribution in [1.82, 2.24) is 0 Å². The highest BCUT2D eigenvalue weighted by Crippen LogP contribution is 2.47. The number of nitrogens with zero attached hydrogens (tertiary/aromatic N) is 1. The van der Waals surface area contributed by atoms with E-state index in [-0.39, 0.29) is 10.8 Å². The van der Waals surface area contributed by atoms with Gasteiger partial charge >= 0.3 is 0 Å². The molecule has 0 heterocycles. The molecule has 1 aromatic carbocycles. The van der Waals surface area contributed by atoms with E-state index < -0.39 is 0 Å². The summed E-state index contributed by atoms with van der Waals surface area (Å²) in [5, 5.41) is 9.64. The first-order valence-corrected chi connectivity index (χ1v) is 7.03. The molecule has 0 bridgehead atoms. The van der Waals surface area contributed by atoms with Gasteiger partial charge < -0.3 is 5.11 Å². The quantitative estimate of drug-likeness (QED) is 0.762. The van der Waals surface area contributed by atoms with Gasteiger partial charge in [-0.25, -0.2) is 0 Å². The van der Waals surface area contributed by atoms with Gasteiger partial charge in [0.15, 0.2) is 0 Å². The van der Waals surface area contributed by atoms with Crippen LogP contribution >= 0.6 is 0 Å². The van der Waals surface area contributed by atoms with Crippen molar-refractivity contribution in [1.29, 1.82) is 0 Å². The Bertz CT molecular complexity index is 497. The molecule has 19 heavy (non-hydrogen) atoms. The lowest BCUT2D eigenvalue weighted by Gasteiger charge is -2.26. The number of aryl methyl sites for hydroxylation is 2. The average Bonchev–Trinajstić information content (AvgIpc) is 2.44. The second kappa shape index (κ2) is 4.36. The second-order valence-corrected chi connectivity index (χ2v) is 7.16. The maximum atomic E-state index is 9.64. The Balaban J connectivity index is 2.58. The zero-order chi connectivity index (χ0) is 14.4. The van der Waals surface area contributed by atoms with Crippen molar-refractivity contribution in [3.05, 3.63) is 23.3 Å². The highest BCUT2D eigenvalue weighted by molar-refractivity contribution is 5.98. The first-order chi connectivity index (χ1) is 8.63. The topological polar surface area (TPSA) is 32.6 Å². The summed E-state index contributed by atoms with van der Waals surface area (Å²) in [7, 11) is 0. The normalized spacial score (nSPS) is 20.6. The van der Waals surface area contributed by atoms with Gasteiger partial charge in [0.2, 0.25) is 0 Å². The van der Waals surface area contributed by atoms with Crippen LogP contribution in [0.2, 0.25) is 0 Å². The van der Waals surface area contributed by atoms with Gasteiger partial charge in [0.1, 0.15) is 5.75 Å². The fourth-order valence-electron chi connectivity index (χ4n) is 3.30. The minimum atomic E-state index is 0.167. The molecule has 2 heteroatoms. The van der Waals surface area contributed by atoms with Crippen molar-refractivity contribution in [2.24, 2.45) is 15.8 Å².